The largest absolute Gasteiger partial charge is 0.388 e. The van der Waals surface area contributed by atoms with Crippen LogP contribution in [0.1, 0.15) is 30.1 Å². The van der Waals surface area contributed by atoms with Crippen molar-refractivity contribution in [2.45, 2.75) is 19.8 Å². The topological polar surface area (TPSA) is 29.1 Å². The maximum atomic E-state index is 12.4. The number of nitrogens with one attached hydrogen (secondary N) is 1. The summed E-state index contributed by atoms with van der Waals surface area (Å²) >= 11 is 0. The summed E-state index contributed by atoms with van der Waals surface area (Å²) in [6.07, 6.45) is 2.24. The van der Waals surface area contributed by atoms with Crippen molar-refractivity contribution >= 4 is 11.5 Å². The summed E-state index contributed by atoms with van der Waals surface area (Å²) in [5, 5.41) is 3.11. The third-order valence-electron chi connectivity index (χ3n) is 4.63. The molecule has 1 saturated carbocycles. The molecule has 0 aromatic heterocycles. The molecule has 0 radical (unpaired) electrons. The molecule has 1 fully saturated rings. The Morgan fingerprint density at radius 1 is 0.952 bits per heavy atom. The van der Waals surface area contributed by atoms with E-state index in [9.17, 15) is 4.79 Å². The maximum Gasteiger partial charge on any atom is 0.166 e. The SMILES string of the molecule is CNc1ccc(-c2ccc(C(=O)C3CC[C@H]3C)cc2)cc1. The van der Waals surface area contributed by atoms with Gasteiger partial charge in [-0.15, -0.1) is 0 Å². The number of anilines is 1. The summed E-state index contributed by atoms with van der Waals surface area (Å²) in [7, 11) is 1.91. The number of rotatable bonds is 4. The second kappa shape index (κ2) is 5.72. The number of carbonyl (C=O) groups excluding carboxylic acids is 1. The fourth-order valence-electron chi connectivity index (χ4n) is 2.93. The molecule has 2 atom stereocenters. The van der Waals surface area contributed by atoms with Crippen LogP contribution in [0.5, 0.6) is 0 Å². The maximum absolute atomic E-state index is 12.4. The Labute approximate surface area is 126 Å². The lowest BCUT2D eigenvalue weighted by Gasteiger charge is -2.32. The van der Waals surface area contributed by atoms with Crippen molar-refractivity contribution in [3.05, 3.63) is 54.1 Å². The Morgan fingerprint density at radius 3 is 1.95 bits per heavy atom. The number of Topliss-reactive ketones (excluding diaryl/α,β-unsaturated/α-hetero) is 1. The highest BCUT2D eigenvalue weighted by atomic mass is 16.1. The molecule has 2 aromatic rings. The summed E-state index contributed by atoms with van der Waals surface area (Å²) < 4.78 is 0. The molecule has 1 aliphatic rings. The van der Waals surface area contributed by atoms with Crippen LogP contribution in [0.4, 0.5) is 5.69 Å². The van der Waals surface area contributed by atoms with E-state index < -0.39 is 0 Å². The Kier molecular flexibility index (Phi) is 3.78. The standard InChI is InChI=1S/C19H21NO/c1-13-3-12-18(13)19(21)16-6-4-14(5-7-16)15-8-10-17(20-2)11-9-15/h4-11,13,18,20H,3,12H2,1-2H3/t13-,18?/m1/s1. The van der Waals surface area contributed by atoms with Crippen LogP contribution >= 0.6 is 0 Å². The van der Waals surface area contributed by atoms with Crippen molar-refractivity contribution in [2.24, 2.45) is 11.8 Å². The molecule has 1 N–H and O–H groups in total. The first-order valence-electron chi connectivity index (χ1n) is 7.61. The summed E-state index contributed by atoms with van der Waals surface area (Å²) in [6.45, 7) is 2.17. The van der Waals surface area contributed by atoms with Gasteiger partial charge in [-0.2, -0.15) is 0 Å². The lowest BCUT2D eigenvalue weighted by molar-refractivity contribution is 0.0763. The van der Waals surface area contributed by atoms with Crippen molar-refractivity contribution in [3.63, 3.8) is 0 Å². The van der Waals surface area contributed by atoms with Gasteiger partial charge in [0.2, 0.25) is 0 Å². The van der Waals surface area contributed by atoms with Crippen LogP contribution in [-0.4, -0.2) is 12.8 Å². The fraction of sp³-hybridized carbons (Fsp3) is 0.316. The molecule has 2 aromatic carbocycles. The molecule has 0 amide bonds. The van der Waals surface area contributed by atoms with E-state index in [1.807, 2.05) is 31.3 Å². The van der Waals surface area contributed by atoms with Crippen molar-refractivity contribution in [1.29, 1.82) is 0 Å². The van der Waals surface area contributed by atoms with Crippen LogP contribution in [0.15, 0.2) is 48.5 Å². The fourth-order valence-corrected chi connectivity index (χ4v) is 2.93. The van der Waals surface area contributed by atoms with Crippen LogP contribution in [0.3, 0.4) is 0 Å². The number of carbonyl (C=O) groups is 1. The van der Waals surface area contributed by atoms with Gasteiger partial charge in [-0.1, -0.05) is 43.3 Å². The van der Waals surface area contributed by atoms with Gasteiger partial charge in [0.1, 0.15) is 0 Å². The summed E-state index contributed by atoms with van der Waals surface area (Å²) in [4.78, 5) is 12.4. The van der Waals surface area contributed by atoms with Crippen LogP contribution in [0.25, 0.3) is 11.1 Å². The van der Waals surface area contributed by atoms with Crippen molar-refractivity contribution in [3.8, 4) is 11.1 Å². The summed E-state index contributed by atoms with van der Waals surface area (Å²) in [6, 6.07) is 16.3. The number of hydrogen-bond acceptors (Lipinski definition) is 2. The van der Waals surface area contributed by atoms with E-state index in [0.717, 1.165) is 23.2 Å². The van der Waals surface area contributed by atoms with E-state index >= 15 is 0 Å². The average molecular weight is 279 g/mol. The van der Waals surface area contributed by atoms with E-state index in [0.29, 0.717) is 11.7 Å². The van der Waals surface area contributed by atoms with Crippen molar-refractivity contribution in [2.75, 3.05) is 12.4 Å². The Morgan fingerprint density at radius 2 is 1.52 bits per heavy atom. The quantitative estimate of drug-likeness (QED) is 0.827. The minimum Gasteiger partial charge on any atom is -0.388 e. The number of benzene rings is 2. The highest BCUT2D eigenvalue weighted by Gasteiger charge is 2.33. The van der Waals surface area contributed by atoms with Gasteiger partial charge in [-0.05, 0) is 42.0 Å². The molecule has 1 aliphatic carbocycles. The summed E-state index contributed by atoms with van der Waals surface area (Å²) in [5.41, 5.74) is 4.27. The van der Waals surface area contributed by atoms with Gasteiger partial charge >= 0.3 is 0 Å². The molecule has 0 spiro atoms. The van der Waals surface area contributed by atoms with Gasteiger partial charge in [-0.3, -0.25) is 4.79 Å². The van der Waals surface area contributed by atoms with Crippen molar-refractivity contribution in [1.82, 2.24) is 0 Å². The highest BCUT2D eigenvalue weighted by Crippen LogP contribution is 2.36. The van der Waals surface area contributed by atoms with Gasteiger partial charge in [0.15, 0.2) is 5.78 Å². The molecule has 2 nitrogen and oxygen atoms in total. The zero-order valence-corrected chi connectivity index (χ0v) is 12.6. The predicted octanol–water partition coefficient (Wildman–Crippen LogP) is 4.62. The average Bonchev–Trinajstić information content (AvgIpc) is 2.53. The number of hydrogen-bond donors (Lipinski definition) is 1. The Balaban J connectivity index is 1.78. The highest BCUT2D eigenvalue weighted by molar-refractivity contribution is 5.98. The first-order valence-corrected chi connectivity index (χ1v) is 7.61. The number of ketones is 1. The third-order valence-corrected chi connectivity index (χ3v) is 4.63. The van der Waals surface area contributed by atoms with E-state index in [2.05, 4.69) is 36.5 Å². The van der Waals surface area contributed by atoms with Gasteiger partial charge in [-0.25, -0.2) is 0 Å². The van der Waals surface area contributed by atoms with Gasteiger partial charge in [0, 0.05) is 24.2 Å². The van der Waals surface area contributed by atoms with Crippen molar-refractivity contribution < 1.29 is 4.79 Å². The molecule has 21 heavy (non-hydrogen) atoms. The third kappa shape index (κ3) is 2.71. The predicted molar refractivity (Wildman–Crippen MR) is 87.6 cm³/mol. The van der Waals surface area contributed by atoms with E-state index in [-0.39, 0.29) is 5.92 Å². The molecule has 0 aliphatic heterocycles. The lowest BCUT2D eigenvalue weighted by Crippen LogP contribution is -2.30. The second-order valence-electron chi connectivity index (χ2n) is 5.93. The monoisotopic (exact) mass is 279 g/mol. The molecular formula is C19H21NO. The Hall–Kier alpha value is -2.09. The second-order valence-corrected chi connectivity index (χ2v) is 5.93. The van der Waals surface area contributed by atoms with Gasteiger partial charge in [0.05, 0.1) is 0 Å². The molecule has 108 valence electrons. The normalized spacial score (nSPS) is 20.7. The Bertz CT molecular complexity index is 628. The van der Waals surface area contributed by atoms with E-state index in [1.165, 1.54) is 12.0 Å². The molecule has 0 heterocycles. The lowest BCUT2D eigenvalue weighted by atomic mass is 9.71. The molecule has 3 rings (SSSR count). The van der Waals surface area contributed by atoms with E-state index in [1.54, 1.807) is 0 Å². The molecule has 0 saturated heterocycles. The smallest absolute Gasteiger partial charge is 0.166 e. The van der Waals surface area contributed by atoms with Crippen LogP contribution in [0, 0.1) is 11.8 Å². The minimum atomic E-state index is 0.241. The zero-order chi connectivity index (χ0) is 14.8. The van der Waals surface area contributed by atoms with Gasteiger partial charge < -0.3 is 5.32 Å². The van der Waals surface area contributed by atoms with Crippen LogP contribution in [0.2, 0.25) is 0 Å². The molecule has 1 unspecified atom stereocenters. The molecule has 0 bridgehead atoms. The molecule has 2 heteroatoms. The minimum absolute atomic E-state index is 0.241. The summed E-state index contributed by atoms with van der Waals surface area (Å²) in [5.74, 6) is 1.10. The molecular weight excluding hydrogens is 258 g/mol. The van der Waals surface area contributed by atoms with Gasteiger partial charge in [0.25, 0.3) is 0 Å². The first kappa shape index (κ1) is 13.9. The van der Waals surface area contributed by atoms with Crippen LogP contribution in [-0.2, 0) is 0 Å². The van der Waals surface area contributed by atoms with Crippen LogP contribution < -0.4 is 5.32 Å². The van der Waals surface area contributed by atoms with E-state index in [4.69, 9.17) is 0 Å². The zero-order valence-electron chi connectivity index (χ0n) is 12.6. The first-order chi connectivity index (χ1) is 10.2.